The predicted octanol–water partition coefficient (Wildman–Crippen LogP) is 2.49. The molecule has 0 aliphatic rings. The molecule has 0 aliphatic heterocycles. The number of hydrogen-bond acceptors (Lipinski definition) is 4. The normalized spacial score (nSPS) is 11.4. The highest BCUT2D eigenvalue weighted by Crippen LogP contribution is 2.21. The molecule has 1 heterocycles. The fourth-order valence-electron chi connectivity index (χ4n) is 1.56. The lowest BCUT2D eigenvalue weighted by Crippen LogP contribution is -2.15. The van der Waals surface area contributed by atoms with Crippen molar-refractivity contribution in [3.63, 3.8) is 0 Å². The first-order chi connectivity index (χ1) is 8.61. The molecule has 2 aromatic rings. The minimum Gasteiger partial charge on any atom is -0.444 e. The highest BCUT2D eigenvalue weighted by Gasteiger charge is 2.09. The van der Waals surface area contributed by atoms with Gasteiger partial charge in [-0.3, -0.25) is 4.72 Å². The van der Waals surface area contributed by atoms with Gasteiger partial charge in [0.15, 0.2) is 12.2 Å². The molecule has 18 heavy (non-hydrogen) atoms. The molecule has 1 aromatic heterocycles. The number of anilines is 1. The number of sulfonamides is 1. The fourth-order valence-corrected chi connectivity index (χ4v) is 2.69. The number of benzene rings is 1. The van der Waals surface area contributed by atoms with Gasteiger partial charge in [0, 0.05) is 11.3 Å². The molecule has 0 bridgehead atoms. The zero-order valence-electron chi connectivity index (χ0n) is 9.96. The first-order valence-electron chi connectivity index (χ1n) is 5.60. The van der Waals surface area contributed by atoms with E-state index >= 15 is 0 Å². The van der Waals surface area contributed by atoms with Crippen molar-refractivity contribution in [3.05, 3.63) is 36.9 Å². The summed E-state index contributed by atoms with van der Waals surface area (Å²) in [5.74, 6) is 0.773. The van der Waals surface area contributed by atoms with E-state index in [1.54, 1.807) is 30.5 Å². The Bertz CT molecular complexity index is 589. The Hall–Kier alpha value is -1.82. The SMILES string of the molecule is CCCS(=O)(=O)Nc1ccc(-c2cnco2)cc1. The summed E-state index contributed by atoms with van der Waals surface area (Å²) in [6.07, 6.45) is 3.55. The summed E-state index contributed by atoms with van der Waals surface area (Å²) >= 11 is 0. The van der Waals surface area contributed by atoms with Crippen molar-refractivity contribution in [2.75, 3.05) is 10.5 Å². The maximum atomic E-state index is 11.6. The fraction of sp³-hybridized carbons (Fsp3) is 0.250. The average Bonchev–Trinajstić information content (AvgIpc) is 2.82. The Morgan fingerprint density at radius 3 is 2.56 bits per heavy atom. The first kappa shape index (κ1) is 12.6. The molecule has 1 N–H and O–H groups in total. The van der Waals surface area contributed by atoms with Crippen LogP contribution in [-0.2, 0) is 10.0 Å². The third-order valence-electron chi connectivity index (χ3n) is 2.35. The van der Waals surface area contributed by atoms with Gasteiger partial charge in [-0.05, 0) is 30.7 Å². The molecule has 0 saturated heterocycles. The van der Waals surface area contributed by atoms with Crippen molar-refractivity contribution in [3.8, 4) is 11.3 Å². The minimum atomic E-state index is -3.24. The van der Waals surface area contributed by atoms with Gasteiger partial charge < -0.3 is 4.42 Å². The minimum absolute atomic E-state index is 0.122. The van der Waals surface area contributed by atoms with E-state index in [1.165, 1.54) is 6.39 Å². The second-order valence-electron chi connectivity index (χ2n) is 3.86. The second-order valence-corrected chi connectivity index (χ2v) is 5.71. The Morgan fingerprint density at radius 2 is 2.00 bits per heavy atom. The molecular weight excluding hydrogens is 252 g/mol. The molecule has 6 heteroatoms. The molecule has 5 nitrogen and oxygen atoms in total. The third-order valence-corrected chi connectivity index (χ3v) is 3.84. The first-order valence-corrected chi connectivity index (χ1v) is 7.25. The molecule has 0 amide bonds. The molecule has 0 unspecified atom stereocenters. The molecule has 0 saturated carbocycles. The van der Waals surface area contributed by atoms with E-state index in [4.69, 9.17) is 4.42 Å². The van der Waals surface area contributed by atoms with Gasteiger partial charge in [0.2, 0.25) is 10.0 Å². The summed E-state index contributed by atoms with van der Waals surface area (Å²) in [5.41, 5.74) is 1.40. The van der Waals surface area contributed by atoms with Gasteiger partial charge in [-0.2, -0.15) is 0 Å². The molecule has 0 aliphatic carbocycles. The molecular formula is C12H14N2O3S. The van der Waals surface area contributed by atoms with Gasteiger partial charge in [0.05, 0.1) is 11.9 Å². The maximum Gasteiger partial charge on any atom is 0.232 e. The van der Waals surface area contributed by atoms with Crippen molar-refractivity contribution < 1.29 is 12.8 Å². The molecule has 0 atom stereocenters. The quantitative estimate of drug-likeness (QED) is 0.902. The van der Waals surface area contributed by atoms with E-state index in [2.05, 4.69) is 9.71 Å². The van der Waals surface area contributed by atoms with Gasteiger partial charge in [0.1, 0.15) is 0 Å². The van der Waals surface area contributed by atoms with Crippen molar-refractivity contribution in [2.45, 2.75) is 13.3 Å². The summed E-state index contributed by atoms with van der Waals surface area (Å²) in [5, 5.41) is 0. The van der Waals surface area contributed by atoms with Crippen molar-refractivity contribution in [1.82, 2.24) is 4.98 Å². The Kier molecular flexibility index (Phi) is 3.66. The number of rotatable bonds is 5. The third kappa shape index (κ3) is 3.10. The van der Waals surface area contributed by atoms with Crippen LogP contribution in [0.5, 0.6) is 0 Å². The molecule has 0 fully saturated rings. The van der Waals surface area contributed by atoms with Crippen LogP contribution < -0.4 is 4.72 Å². The lowest BCUT2D eigenvalue weighted by molar-refractivity contribution is 0.572. The van der Waals surface area contributed by atoms with Gasteiger partial charge in [-0.1, -0.05) is 6.92 Å². The maximum absolute atomic E-state index is 11.6. The monoisotopic (exact) mass is 266 g/mol. The summed E-state index contributed by atoms with van der Waals surface area (Å²) < 4.78 is 30.8. The lowest BCUT2D eigenvalue weighted by Gasteiger charge is -2.07. The Labute approximate surface area is 106 Å². The van der Waals surface area contributed by atoms with Crippen LogP contribution in [0.25, 0.3) is 11.3 Å². The van der Waals surface area contributed by atoms with Crippen molar-refractivity contribution >= 4 is 15.7 Å². The van der Waals surface area contributed by atoms with Crippen molar-refractivity contribution in [2.24, 2.45) is 0 Å². The predicted molar refractivity (Wildman–Crippen MR) is 69.6 cm³/mol. The zero-order valence-corrected chi connectivity index (χ0v) is 10.8. The van der Waals surface area contributed by atoms with Crippen LogP contribution in [0.3, 0.4) is 0 Å². The molecule has 96 valence electrons. The number of nitrogens with zero attached hydrogens (tertiary/aromatic N) is 1. The summed E-state index contributed by atoms with van der Waals surface area (Å²) in [7, 11) is -3.24. The molecule has 2 rings (SSSR count). The Balaban J connectivity index is 2.14. The average molecular weight is 266 g/mol. The van der Waals surface area contributed by atoms with Crippen molar-refractivity contribution in [1.29, 1.82) is 0 Å². The molecule has 1 aromatic carbocycles. The number of aromatic nitrogens is 1. The molecule has 0 radical (unpaired) electrons. The smallest absolute Gasteiger partial charge is 0.232 e. The molecule has 0 spiro atoms. The zero-order chi connectivity index (χ0) is 13.0. The second kappa shape index (κ2) is 5.22. The lowest BCUT2D eigenvalue weighted by atomic mass is 10.2. The highest BCUT2D eigenvalue weighted by atomic mass is 32.2. The van der Waals surface area contributed by atoms with Gasteiger partial charge in [0.25, 0.3) is 0 Å². The van der Waals surface area contributed by atoms with Crippen LogP contribution in [0.15, 0.2) is 41.3 Å². The van der Waals surface area contributed by atoms with Crippen LogP contribution in [0.2, 0.25) is 0 Å². The summed E-state index contributed by atoms with van der Waals surface area (Å²) in [6, 6.07) is 6.96. The Morgan fingerprint density at radius 1 is 1.28 bits per heavy atom. The van der Waals surface area contributed by atoms with Gasteiger partial charge in [-0.25, -0.2) is 13.4 Å². The van der Waals surface area contributed by atoms with Crippen LogP contribution >= 0.6 is 0 Å². The topological polar surface area (TPSA) is 72.2 Å². The van der Waals surface area contributed by atoms with Crippen LogP contribution in [-0.4, -0.2) is 19.2 Å². The van der Waals surface area contributed by atoms with E-state index in [1.807, 2.05) is 6.92 Å². The summed E-state index contributed by atoms with van der Waals surface area (Å²) in [4.78, 5) is 3.83. The summed E-state index contributed by atoms with van der Waals surface area (Å²) in [6.45, 7) is 1.83. The van der Waals surface area contributed by atoms with Crippen LogP contribution in [0, 0.1) is 0 Å². The number of oxazole rings is 1. The largest absolute Gasteiger partial charge is 0.444 e. The standard InChI is InChI=1S/C12H14N2O3S/c1-2-7-18(15,16)14-11-5-3-10(4-6-11)12-8-13-9-17-12/h3-6,8-9,14H,2,7H2,1H3. The highest BCUT2D eigenvalue weighted by molar-refractivity contribution is 7.92. The number of nitrogens with one attached hydrogen (secondary N) is 1. The van der Waals surface area contributed by atoms with Crippen LogP contribution in [0.4, 0.5) is 5.69 Å². The van der Waals surface area contributed by atoms with E-state index in [0.29, 0.717) is 17.9 Å². The van der Waals surface area contributed by atoms with Gasteiger partial charge in [-0.15, -0.1) is 0 Å². The van der Waals surface area contributed by atoms with Crippen LogP contribution in [0.1, 0.15) is 13.3 Å². The number of hydrogen-bond donors (Lipinski definition) is 1. The van der Waals surface area contributed by atoms with E-state index in [-0.39, 0.29) is 5.75 Å². The van der Waals surface area contributed by atoms with E-state index in [9.17, 15) is 8.42 Å². The van der Waals surface area contributed by atoms with E-state index < -0.39 is 10.0 Å². The van der Waals surface area contributed by atoms with E-state index in [0.717, 1.165) is 5.56 Å². The van der Waals surface area contributed by atoms with Gasteiger partial charge >= 0.3 is 0 Å².